The molecule has 3 heteroatoms. The predicted molar refractivity (Wildman–Crippen MR) is 75.6 cm³/mol. The van der Waals surface area contributed by atoms with E-state index in [4.69, 9.17) is 0 Å². The van der Waals surface area contributed by atoms with E-state index in [1.807, 2.05) is 6.92 Å². The van der Waals surface area contributed by atoms with Crippen molar-refractivity contribution in [1.29, 1.82) is 0 Å². The summed E-state index contributed by atoms with van der Waals surface area (Å²) in [5.74, 6) is 0.663. The molecule has 0 bridgehead atoms. The Morgan fingerprint density at radius 2 is 1.94 bits per heavy atom. The Balaban J connectivity index is 2.07. The lowest BCUT2D eigenvalue weighted by Gasteiger charge is -2.09. The Hall–Kier alpha value is -1.35. The van der Waals surface area contributed by atoms with Crippen molar-refractivity contribution < 1.29 is 0 Å². The van der Waals surface area contributed by atoms with E-state index in [9.17, 15) is 0 Å². The largest absolute Gasteiger partial charge is 0.385 e. The number of aromatic nitrogens is 1. The number of nitrogens with zero attached hydrogens (tertiary/aromatic N) is 1. The summed E-state index contributed by atoms with van der Waals surface area (Å²) in [5, 5.41) is 6.63. The van der Waals surface area contributed by atoms with E-state index >= 15 is 0 Å². The number of anilines is 1. The van der Waals surface area contributed by atoms with Crippen molar-refractivity contribution in [1.82, 2.24) is 4.98 Å². The average Bonchev–Trinajstić information content (AvgIpc) is 2.74. The zero-order valence-electron chi connectivity index (χ0n) is 10.5. The van der Waals surface area contributed by atoms with Crippen LogP contribution in [0.1, 0.15) is 18.9 Å². The summed E-state index contributed by atoms with van der Waals surface area (Å²) < 4.78 is 0. The molecule has 1 N–H and O–H groups in total. The summed E-state index contributed by atoms with van der Waals surface area (Å²) in [6.45, 7) is 7.46. The van der Waals surface area contributed by atoms with E-state index in [1.165, 1.54) is 11.3 Å². The third kappa shape index (κ3) is 3.30. The molecule has 0 unspecified atom stereocenters. The molecule has 0 fully saturated rings. The molecule has 0 aliphatic rings. The van der Waals surface area contributed by atoms with Crippen LogP contribution in [0, 0.1) is 12.8 Å². The summed E-state index contributed by atoms with van der Waals surface area (Å²) in [5.41, 5.74) is 3.43. The minimum absolute atomic E-state index is 0.663. The summed E-state index contributed by atoms with van der Waals surface area (Å²) in [4.78, 5) is 4.48. The van der Waals surface area contributed by atoms with Crippen LogP contribution in [0.15, 0.2) is 29.6 Å². The average molecular weight is 246 g/mol. The van der Waals surface area contributed by atoms with Crippen LogP contribution >= 0.6 is 11.3 Å². The van der Waals surface area contributed by atoms with E-state index in [0.29, 0.717) is 5.92 Å². The monoisotopic (exact) mass is 246 g/mol. The maximum Gasteiger partial charge on any atom is 0.0901 e. The van der Waals surface area contributed by atoms with Gasteiger partial charge in [0.05, 0.1) is 10.7 Å². The molecule has 90 valence electrons. The minimum atomic E-state index is 0.663. The molecule has 1 aromatic carbocycles. The molecule has 2 nitrogen and oxygen atoms in total. The first-order valence-corrected chi connectivity index (χ1v) is 6.79. The molecule has 0 amide bonds. The lowest BCUT2D eigenvalue weighted by Crippen LogP contribution is -2.07. The molecule has 2 rings (SSSR count). The van der Waals surface area contributed by atoms with Gasteiger partial charge in [0.1, 0.15) is 0 Å². The molecule has 2 aromatic rings. The first kappa shape index (κ1) is 12.1. The lowest BCUT2D eigenvalue weighted by molar-refractivity contribution is 0.689. The highest BCUT2D eigenvalue weighted by Crippen LogP contribution is 2.23. The van der Waals surface area contributed by atoms with Gasteiger partial charge in [-0.3, -0.25) is 0 Å². The van der Waals surface area contributed by atoms with Crippen molar-refractivity contribution in [2.75, 3.05) is 11.9 Å². The van der Waals surface area contributed by atoms with Crippen LogP contribution in [0.3, 0.4) is 0 Å². The van der Waals surface area contributed by atoms with Crippen LogP contribution in [0.5, 0.6) is 0 Å². The molecule has 1 heterocycles. The van der Waals surface area contributed by atoms with Gasteiger partial charge in [0.2, 0.25) is 0 Å². The maximum atomic E-state index is 4.48. The van der Waals surface area contributed by atoms with Gasteiger partial charge in [-0.1, -0.05) is 26.0 Å². The van der Waals surface area contributed by atoms with E-state index in [-0.39, 0.29) is 0 Å². The first-order valence-electron chi connectivity index (χ1n) is 5.91. The lowest BCUT2D eigenvalue weighted by atomic mass is 10.1. The van der Waals surface area contributed by atoms with Gasteiger partial charge in [-0.25, -0.2) is 4.98 Å². The second-order valence-electron chi connectivity index (χ2n) is 4.60. The second-order valence-corrected chi connectivity index (χ2v) is 5.67. The smallest absolute Gasteiger partial charge is 0.0901 e. The van der Waals surface area contributed by atoms with Crippen LogP contribution in [0.25, 0.3) is 11.3 Å². The second kappa shape index (κ2) is 5.32. The fourth-order valence-corrected chi connectivity index (χ4v) is 2.20. The van der Waals surface area contributed by atoms with Crippen molar-refractivity contribution in [2.24, 2.45) is 5.92 Å². The molecule has 0 atom stereocenters. The summed E-state index contributed by atoms with van der Waals surface area (Å²) in [6.07, 6.45) is 0. The molecule has 1 aromatic heterocycles. The zero-order valence-corrected chi connectivity index (χ0v) is 11.3. The van der Waals surface area contributed by atoms with Crippen molar-refractivity contribution in [3.05, 3.63) is 34.7 Å². The SMILES string of the molecule is Cc1nc(-c2ccc(NCC(C)C)cc2)cs1. The van der Waals surface area contributed by atoms with Gasteiger partial charge in [0.15, 0.2) is 0 Å². The topological polar surface area (TPSA) is 24.9 Å². The molecular weight excluding hydrogens is 228 g/mol. The van der Waals surface area contributed by atoms with E-state index in [2.05, 4.69) is 53.8 Å². The Kier molecular flexibility index (Phi) is 3.79. The van der Waals surface area contributed by atoms with Gasteiger partial charge in [-0.05, 0) is 25.0 Å². The number of rotatable bonds is 4. The fourth-order valence-electron chi connectivity index (χ4n) is 1.58. The summed E-state index contributed by atoms with van der Waals surface area (Å²) in [6, 6.07) is 8.48. The Bertz CT molecular complexity index is 471. The molecule has 17 heavy (non-hydrogen) atoms. The van der Waals surface area contributed by atoms with Gasteiger partial charge in [-0.15, -0.1) is 11.3 Å². The van der Waals surface area contributed by atoms with Crippen LogP contribution < -0.4 is 5.32 Å². The third-order valence-corrected chi connectivity index (χ3v) is 3.29. The quantitative estimate of drug-likeness (QED) is 0.875. The van der Waals surface area contributed by atoms with Gasteiger partial charge in [0.25, 0.3) is 0 Å². The van der Waals surface area contributed by atoms with Crippen molar-refractivity contribution in [3.63, 3.8) is 0 Å². The number of nitrogens with one attached hydrogen (secondary N) is 1. The van der Waals surface area contributed by atoms with Crippen molar-refractivity contribution in [3.8, 4) is 11.3 Å². The normalized spacial score (nSPS) is 10.8. The van der Waals surface area contributed by atoms with Crippen molar-refractivity contribution >= 4 is 17.0 Å². The van der Waals surface area contributed by atoms with Gasteiger partial charge < -0.3 is 5.32 Å². The minimum Gasteiger partial charge on any atom is -0.385 e. The Morgan fingerprint density at radius 3 is 2.47 bits per heavy atom. The van der Waals surface area contributed by atoms with Gasteiger partial charge >= 0.3 is 0 Å². The Morgan fingerprint density at radius 1 is 1.24 bits per heavy atom. The molecule has 0 saturated carbocycles. The van der Waals surface area contributed by atoms with E-state index in [1.54, 1.807) is 11.3 Å². The third-order valence-electron chi connectivity index (χ3n) is 2.51. The molecule has 0 saturated heterocycles. The molecule has 0 aliphatic carbocycles. The van der Waals surface area contributed by atoms with Gasteiger partial charge in [-0.2, -0.15) is 0 Å². The zero-order chi connectivity index (χ0) is 12.3. The highest BCUT2D eigenvalue weighted by Gasteiger charge is 2.02. The molecule has 0 aliphatic heterocycles. The van der Waals surface area contributed by atoms with E-state index < -0.39 is 0 Å². The van der Waals surface area contributed by atoms with E-state index in [0.717, 1.165) is 17.2 Å². The van der Waals surface area contributed by atoms with Crippen LogP contribution in [0.4, 0.5) is 5.69 Å². The fraction of sp³-hybridized carbons (Fsp3) is 0.357. The number of hydrogen-bond acceptors (Lipinski definition) is 3. The van der Waals surface area contributed by atoms with Crippen LogP contribution in [-0.2, 0) is 0 Å². The van der Waals surface area contributed by atoms with Crippen molar-refractivity contribution in [2.45, 2.75) is 20.8 Å². The number of hydrogen-bond donors (Lipinski definition) is 1. The predicted octanol–water partition coefficient (Wildman–Crippen LogP) is 4.19. The van der Waals surface area contributed by atoms with Crippen LogP contribution in [0.2, 0.25) is 0 Å². The van der Waals surface area contributed by atoms with Crippen LogP contribution in [-0.4, -0.2) is 11.5 Å². The number of aryl methyl sites for hydroxylation is 1. The Labute approximate surface area is 107 Å². The summed E-state index contributed by atoms with van der Waals surface area (Å²) in [7, 11) is 0. The number of thiazole rings is 1. The summed E-state index contributed by atoms with van der Waals surface area (Å²) >= 11 is 1.69. The molecular formula is C14H18N2S. The molecule has 0 spiro atoms. The highest BCUT2D eigenvalue weighted by molar-refractivity contribution is 7.09. The highest BCUT2D eigenvalue weighted by atomic mass is 32.1. The van der Waals surface area contributed by atoms with Gasteiger partial charge in [0, 0.05) is 23.2 Å². The number of benzene rings is 1. The standard InChI is InChI=1S/C14H18N2S/c1-10(2)8-15-13-6-4-12(5-7-13)14-9-17-11(3)16-14/h4-7,9-10,15H,8H2,1-3H3. The maximum absolute atomic E-state index is 4.48. The molecule has 0 radical (unpaired) electrons. The first-order chi connectivity index (χ1) is 8.15.